The van der Waals surface area contributed by atoms with Gasteiger partial charge in [0.15, 0.2) is 0 Å². The van der Waals surface area contributed by atoms with E-state index in [0.717, 1.165) is 11.3 Å². The van der Waals surface area contributed by atoms with Gasteiger partial charge in [0.2, 0.25) is 0 Å². The van der Waals surface area contributed by atoms with E-state index in [1.165, 1.54) is 4.57 Å². The topological polar surface area (TPSA) is 59.3 Å². The summed E-state index contributed by atoms with van der Waals surface area (Å²) in [5.41, 5.74) is 1.16. The lowest BCUT2D eigenvalue weighted by molar-refractivity contribution is 0.0701. The molecule has 0 aliphatic carbocycles. The Kier molecular flexibility index (Phi) is 2.62. The van der Waals surface area contributed by atoms with Gasteiger partial charge in [-0.25, -0.2) is 4.79 Å². The number of rotatable bonds is 2. The monoisotopic (exact) mass is 235 g/mol. The lowest BCUT2D eigenvalue weighted by Gasteiger charge is -2.03. The van der Waals surface area contributed by atoms with Gasteiger partial charge in [-0.15, -0.1) is 0 Å². The van der Waals surface area contributed by atoms with E-state index in [2.05, 4.69) is 0 Å². The van der Waals surface area contributed by atoms with Gasteiger partial charge in [0.25, 0.3) is 0 Å². The zero-order valence-corrected chi connectivity index (χ0v) is 9.32. The predicted octanol–water partition coefficient (Wildman–Crippen LogP) is 1.91. The molecule has 0 radical (unpaired) electrons. The Balaban J connectivity index is 2.68. The van der Waals surface area contributed by atoms with E-state index in [-0.39, 0.29) is 9.75 Å². The maximum atomic E-state index is 11.7. The zero-order valence-electron chi connectivity index (χ0n) is 8.51. The second-order valence-corrected chi connectivity index (χ2v) is 4.22. The van der Waals surface area contributed by atoms with Crippen molar-refractivity contribution in [2.45, 2.75) is 6.92 Å². The van der Waals surface area contributed by atoms with Crippen LogP contribution in [0.25, 0.3) is 5.69 Å². The van der Waals surface area contributed by atoms with Gasteiger partial charge >= 0.3 is 10.8 Å². The number of benzene rings is 1. The predicted molar refractivity (Wildman–Crippen MR) is 61.6 cm³/mol. The minimum atomic E-state index is -1.06. The summed E-state index contributed by atoms with van der Waals surface area (Å²) in [5.74, 6) is -1.06. The van der Waals surface area contributed by atoms with Crippen molar-refractivity contribution in [2.24, 2.45) is 0 Å². The average Bonchev–Trinajstić information content (AvgIpc) is 2.56. The summed E-state index contributed by atoms with van der Waals surface area (Å²) in [7, 11) is 0. The molecule has 0 saturated carbocycles. The van der Waals surface area contributed by atoms with E-state index in [1.807, 2.05) is 6.07 Å². The van der Waals surface area contributed by atoms with E-state index >= 15 is 0 Å². The number of thiazole rings is 1. The van der Waals surface area contributed by atoms with Gasteiger partial charge in [0, 0.05) is 11.4 Å². The fourth-order valence-electron chi connectivity index (χ4n) is 1.52. The summed E-state index contributed by atoms with van der Waals surface area (Å²) < 4.78 is 1.41. The quantitative estimate of drug-likeness (QED) is 0.864. The van der Waals surface area contributed by atoms with E-state index in [9.17, 15) is 9.59 Å². The van der Waals surface area contributed by atoms with Gasteiger partial charge in [0.1, 0.15) is 4.88 Å². The SMILES string of the molecule is Cc1c(C(=O)O)sc(=O)n1-c1ccccc1. The van der Waals surface area contributed by atoms with Crippen molar-refractivity contribution in [3.63, 3.8) is 0 Å². The first-order valence-electron chi connectivity index (χ1n) is 4.62. The molecule has 0 bridgehead atoms. The molecule has 2 rings (SSSR count). The largest absolute Gasteiger partial charge is 0.477 e. The molecule has 0 atom stereocenters. The van der Waals surface area contributed by atoms with Crippen molar-refractivity contribution >= 4 is 17.3 Å². The fraction of sp³-hybridized carbons (Fsp3) is 0.0909. The molecular formula is C11H9NO3S. The molecule has 0 fully saturated rings. The third-order valence-corrected chi connectivity index (χ3v) is 3.28. The number of carboxylic acid groups (broad SMARTS) is 1. The molecule has 4 nitrogen and oxygen atoms in total. The van der Waals surface area contributed by atoms with Crippen LogP contribution >= 0.6 is 11.3 Å². The summed E-state index contributed by atoms with van der Waals surface area (Å²) in [6.45, 7) is 1.63. The molecule has 0 amide bonds. The summed E-state index contributed by atoms with van der Waals surface area (Å²) in [6.07, 6.45) is 0. The molecule has 1 N–H and O–H groups in total. The van der Waals surface area contributed by atoms with E-state index in [1.54, 1.807) is 31.2 Å². The second kappa shape index (κ2) is 3.94. The lowest BCUT2D eigenvalue weighted by Crippen LogP contribution is -2.11. The van der Waals surface area contributed by atoms with Crippen LogP contribution in [-0.2, 0) is 0 Å². The van der Waals surface area contributed by atoms with Crippen LogP contribution in [0.1, 0.15) is 15.4 Å². The molecule has 0 spiro atoms. The Morgan fingerprint density at radius 2 is 1.94 bits per heavy atom. The van der Waals surface area contributed by atoms with Crippen LogP contribution in [0.15, 0.2) is 35.1 Å². The third kappa shape index (κ3) is 1.65. The smallest absolute Gasteiger partial charge is 0.347 e. The van der Waals surface area contributed by atoms with Gasteiger partial charge in [-0.05, 0) is 19.1 Å². The van der Waals surface area contributed by atoms with Crippen LogP contribution in [0.4, 0.5) is 0 Å². The standard InChI is InChI=1S/C11H9NO3S/c1-7-9(10(13)14)16-11(15)12(7)8-5-3-2-4-6-8/h2-6H,1H3,(H,13,14). The maximum absolute atomic E-state index is 11.7. The molecule has 16 heavy (non-hydrogen) atoms. The summed E-state index contributed by atoms with van der Waals surface area (Å²) in [6, 6.07) is 8.99. The Labute approximate surface area is 95.4 Å². The number of carboxylic acids is 1. The number of aromatic nitrogens is 1. The Bertz CT molecular complexity index is 583. The number of aromatic carboxylic acids is 1. The van der Waals surface area contributed by atoms with E-state index < -0.39 is 5.97 Å². The van der Waals surface area contributed by atoms with Crippen LogP contribution in [0.2, 0.25) is 0 Å². The van der Waals surface area contributed by atoms with Gasteiger partial charge in [-0.1, -0.05) is 29.5 Å². The minimum Gasteiger partial charge on any atom is -0.477 e. The second-order valence-electron chi connectivity index (χ2n) is 3.26. The lowest BCUT2D eigenvalue weighted by atomic mass is 10.3. The Morgan fingerprint density at radius 1 is 1.31 bits per heavy atom. The molecule has 1 aromatic heterocycles. The number of nitrogens with zero attached hydrogens (tertiary/aromatic N) is 1. The number of hydrogen-bond donors (Lipinski definition) is 1. The van der Waals surface area contributed by atoms with Crippen LogP contribution in [0.3, 0.4) is 0 Å². The third-order valence-electron chi connectivity index (χ3n) is 2.24. The molecule has 2 aromatic rings. The minimum absolute atomic E-state index is 0.0915. The van der Waals surface area contributed by atoms with Crippen LogP contribution in [0.5, 0.6) is 0 Å². The Morgan fingerprint density at radius 3 is 2.44 bits per heavy atom. The van der Waals surface area contributed by atoms with Crippen LogP contribution in [0, 0.1) is 6.92 Å². The van der Waals surface area contributed by atoms with Gasteiger partial charge < -0.3 is 5.11 Å². The molecular weight excluding hydrogens is 226 g/mol. The first-order valence-corrected chi connectivity index (χ1v) is 5.44. The van der Waals surface area contributed by atoms with Crippen molar-refractivity contribution in [3.8, 4) is 5.69 Å². The molecule has 1 heterocycles. The molecule has 1 aromatic carbocycles. The Hall–Kier alpha value is -1.88. The van der Waals surface area contributed by atoms with Crippen molar-refractivity contribution in [1.29, 1.82) is 0 Å². The maximum Gasteiger partial charge on any atom is 0.347 e. The number of carbonyl (C=O) groups is 1. The van der Waals surface area contributed by atoms with Crippen LogP contribution < -0.4 is 4.87 Å². The van der Waals surface area contributed by atoms with Crippen molar-refractivity contribution in [2.75, 3.05) is 0 Å². The molecule has 0 saturated heterocycles. The molecule has 5 heteroatoms. The van der Waals surface area contributed by atoms with Crippen LogP contribution in [-0.4, -0.2) is 15.6 Å². The molecule has 82 valence electrons. The highest BCUT2D eigenvalue weighted by atomic mass is 32.1. The van der Waals surface area contributed by atoms with Crippen molar-refractivity contribution in [1.82, 2.24) is 4.57 Å². The van der Waals surface area contributed by atoms with Gasteiger partial charge in [-0.3, -0.25) is 9.36 Å². The molecule has 0 unspecified atom stereocenters. The summed E-state index contributed by atoms with van der Waals surface area (Å²) >= 11 is 0.752. The molecule has 0 aliphatic rings. The highest BCUT2D eigenvalue weighted by molar-refractivity contribution is 7.11. The highest BCUT2D eigenvalue weighted by Crippen LogP contribution is 2.16. The number of hydrogen-bond acceptors (Lipinski definition) is 3. The van der Waals surface area contributed by atoms with Gasteiger partial charge in [-0.2, -0.15) is 0 Å². The first-order chi connectivity index (χ1) is 7.61. The summed E-state index contributed by atoms with van der Waals surface area (Å²) in [4.78, 5) is 22.4. The average molecular weight is 235 g/mol. The normalized spacial score (nSPS) is 10.3. The first kappa shape index (κ1) is 10.6. The zero-order chi connectivity index (χ0) is 11.7. The number of para-hydroxylation sites is 1. The summed E-state index contributed by atoms with van der Waals surface area (Å²) in [5, 5.41) is 8.91. The van der Waals surface area contributed by atoms with E-state index in [4.69, 9.17) is 5.11 Å². The van der Waals surface area contributed by atoms with E-state index in [0.29, 0.717) is 11.4 Å². The van der Waals surface area contributed by atoms with Crippen molar-refractivity contribution < 1.29 is 9.90 Å². The molecule has 0 aliphatic heterocycles. The highest BCUT2D eigenvalue weighted by Gasteiger charge is 2.17. The fourth-order valence-corrected chi connectivity index (χ4v) is 2.35. The van der Waals surface area contributed by atoms with Crippen molar-refractivity contribution in [3.05, 3.63) is 50.6 Å². The van der Waals surface area contributed by atoms with Gasteiger partial charge in [0.05, 0.1) is 0 Å².